The Bertz CT molecular complexity index is 462. The number of hydrogen-bond donors (Lipinski definition) is 2. The minimum Gasteiger partial charge on any atom is -0.350 e. The molecule has 2 aliphatic rings. The fraction of sp³-hybridized carbons (Fsp3) is 0.562. The molecule has 3 unspecified atom stereocenters. The Labute approximate surface area is 132 Å². The second kappa shape index (κ2) is 7.25. The van der Waals surface area contributed by atoms with E-state index in [0.29, 0.717) is 6.04 Å². The van der Waals surface area contributed by atoms with Crippen LogP contribution in [0.15, 0.2) is 30.3 Å². The van der Waals surface area contributed by atoms with Crippen LogP contribution in [0.4, 0.5) is 0 Å². The zero-order valence-electron chi connectivity index (χ0n) is 12.4. The Kier molecular flexibility index (Phi) is 5.62. The third-order valence-electron chi connectivity index (χ3n) is 4.49. The number of halogens is 1. The summed E-state index contributed by atoms with van der Waals surface area (Å²) in [6, 6.07) is 11.0. The number of hydrogen-bond acceptors (Lipinski definition) is 3. The highest BCUT2D eigenvalue weighted by atomic mass is 35.5. The molecule has 0 aromatic heterocycles. The summed E-state index contributed by atoms with van der Waals surface area (Å²) in [7, 11) is 2.14. The number of nitrogens with one attached hydrogen (secondary N) is 2. The minimum atomic E-state index is 0. The highest BCUT2D eigenvalue weighted by molar-refractivity contribution is 5.85. The lowest BCUT2D eigenvalue weighted by molar-refractivity contribution is -0.123. The van der Waals surface area contributed by atoms with Gasteiger partial charge < -0.3 is 10.6 Å². The number of likely N-dealkylation sites (tertiary alicyclic amines) is 1. The summed E-state index contributed by atoms with van der Waals surface area (Å²) in [5, 5.41) is 6.53. The molecule has 3 rings (SSSR count). The second-order valence-electron chi connectivity index (χ2n) is 5.89. The maximum absolute atomic E-state index is 12.3. The van der Waals surface area contributed by atoms with Gasteiger partial charge in [-0.2, -0.15) is 0 Å². The SMILES string of the molecule is CN1CCC(NC(=O)C2CCCN2)C1c1ccccc1.Cl. The van der Waals surface area contributed by atoms with Gasteiger partial charge in [-0.3, -0.25) is 9.69 Å². The van der Waals surface area contributed by atoms with Gasteiger partial charge in [0.1, 0.15) is 0 Å². The average molecular weight is 310 g/mol. The normalized spacial score (nSPS) is 29.1. The quantitative estimate of drug-likeness (QED) is 0.893. The Balaban J connectivity index is 0.00000161. The molecular weight excluding hydrogens is 286 g/mol. The highest BCUT2D eigenvalue weighted by Crippen LogP contribution is 2.30. The molecule has 4 nitrogen and oxygen atoms in total. The Morgan fingerprint density at radius 3 is 2.71 bits per heavy atom. The van der Waals surface area contributed by atoms with Crippen LogP contribution >= 0.6 is 12.4 Å². The lowest BCUT2D eigenvalue weighted by Crippen LogP contribution is -2.46. The first-order chi connectivity index (χ1) is 9.75. The molecule has 2 N–H and O–H groups in total. The van der Waals surface area contributed by atoms with Gasteiger partial charge in [0.15, 0.2) is 0 Å². The Morgan fingerprint density at radius 1 is 1.29 bits per heavy atom. The van der Waals surface area contributed by atoms with E-state index in [2.05, 4.69) is 46.8 Å². The van der Waals surface area contributed by atoms with Crippen LogP contribution in [0.25, 0.3) is 0 Å². The van der Waals surface area contributed by atoms with E-state index in [0.717, 1.165) is 32.4 Å². The summed E-state index contributed by atoms with van der Waals surface area (Å²) in [6.45, 7) is 1.99. The van der Waals surface area contributed by atoms with Crippen LogP contribution in [0, 0.1) is 0 Å². The van der Waals surface area contributed by atoms with E-state index in [-0.39, 0.29) is 30.4 Å². The Morgan fingerprint density at radius 2 is 2.05 bits per heavy atom. The van der Waals surface area contributed by atoms with Gasteiger partial charge in [-0.25, -0.2) is 0 Å². The van der Waals surface area contributed by atoms with Gasteiger partial charge in [-0.1, -0.05) is 30.3 Å². The van der Waals surface area contributed by atoms with Crippen molar-refractivity contribution in [3.05, 3.63) is 35.9 Å². The Hall–Kier alpha value is -1.10. The summed E-state index contributed by atoms with van der Waals surface area (Å²) in [5.41, 5.74) is 1.29. The predicted molar refractivity (Wildman–Crippen MR) is 86.6 cm³/mol. The van der Waals surface area contributed by atoms with Crippen molar-refractivity contribution in [1.29, 1.82) is 0 Å². The zero-order valence-corrected chi connectivity index (χ0v) is 13.2. The van der Waals surface area contributed by atoms with Crippen LogP contribution in [-0.2, 0) is 4.79 Å². The number of carbonyl (C=O) groups is 1. The molecule has 1 aromatic rings. The van der Waals surface area contributed by atoms with E-state index in [1.54, 1.807) is 0 Å². The zero-order chi connectivity index (χ0) is 13.9. The number of benzene rings is 1. The van der Waals surface area contributed by atoms with Crippen molar-refractivity contribution in [2.24, 2.45) is 0 Å². The van der Waals surface area contributed by atoms with E-state index >= 15 is 0 Å². The van der Waals surface area contributed by atoms with E-state index in [9.17, 15) is 4.79 Å². The lowest BCUT2D eigenvalue weighted by Gasteiger charge is -2.27. The number of rotatable bonds is 3. The van der Waals surface area contributed by atoms with Crippen molar-refractivity contribution in [1.82, 2.24) is 15.5 Å². The van der Waals surface area contributed by atoms with Crippen LogP contribution in [0.5, 0.6) is 0 Å². The molecule has 1 aromatic carbocycles. The van der Waals surface area contributed by atoms with Crippen LogP contribution in [0.3, 0.4) is 0 Å². The standard InChI is InChI=1S/C16H23N3O.ClH/c1-19-11-9-13(15(19)12-6-3-2-4-7-12)18-16(20)14-8-5-10-17-14;/h2-4,6-7,13-15,17H,5,8-11H2,1H3,(H,18,20);1H. The number of likely N-dealkylation sites (N-methyl/N-ethyl adjacent to an activating group) is 1. The van der Waals surface area contributed by atoms with Crippen molar-refractivity contribution >= 4 is 18.3 Å². The molecule has 2 aliphatic heterocycles. The van der Waals surface area contributed by atoms with E-state index < -0.39 is 0 Å². The van der Waals surface area contributed by atoms with Crippen LogP contribution in [0.2, 0.25) is 0 Å². The van der Waals surface area contributed by atoms with Gasteiger partial charge in [-0.15, -0.1) is 12.4 Å². The summed E-state index contributed by atoms with van der Waals surface area (Å²) >= 11 is 0. The van der Waals surface area contributed by atoms with E-state index in [4.69, 9.17) is 0 Å². The first kappa shape index (κ1) is 16.3. The molecular formula is C16H24ClN3O. The molecule has 0 radical (unpaired) electrons. The van der Waals surface area contributed by atoms with E-state index in [1.165, 1.54) is 5.56 Å². The summed E-state index contributed by atoms with van der Waals surface area (Å²) in [4.78, 5) is 14.6. The van der Waals surface area contributed by atoms with Crippen molar-refractivity contribution in [2.75, 3.05) is 20.1 Å². The molecule has 2 heterocycles. The third-order valence-corrected chi connectivity index (χ3v) is 4.49. The molecule has 0 bridgehead atoms. The number of amides is 1. The smallest absolute Gasteiger partial charge is 0.237 e. The monoisotopic (exact) mass is 309 g/mol. The molecule has 0 spiro atoms. The largest absolute Gasteiger partial charge is 0.350 e. The summed E-state index contributed by atoms with van der Waals surface area (Å²) in [5.74, 6) is 0.170. The van der Waals surface area contributed by atoms with Crippen LogP contribution in [-0.4, -0.2) is 43.0 Å². The molecule has 0 aliphatic carbocycles. The maximum Gasteiger partial charge on any atom is 0.237 e. The fourth-order valence-corrected chi connectivity index (χ4v) is 3.43. The fourth-order valence-electron chi connectivity index (χ4n) is 3.43. The van der Waals surface area contributed by atoms with Gasteiger partial charge in [0.05, 0.1) is 12.1 Å². The third kappa shape index (κ3) is 3.57. The average Bonchev–Trinajstić information content (AvgIpc) is 3.10. The van der Waals surface area contributed by atoms with Gasteiger partial charge >= 0.3 is 0 Å². The highest BCUT2D eigenvalue weighted by Gasteiger charge is 2.35. The summed E-state index contributed by atoms with van der Waals surface area (Å²) < 4.78 is 0. The van der Waals surface area contributed by atoms with Crippen molar-refractivity contribution in [3.8, 4) is 0 Å². The maximum atomic E-state index is 12.3. The molecule has 21 heavy (non-hydrogen) atoms. The van der Waals surface area contributed by atoms with Gasteiger partial charge in [0.25, 0.3) is 0 Å². The van der Waals surface area contributed by atoms with Crippen LogP contribution < -0.4 is 10.6 Å². The topological polar surface area (TPSA) is 44.4 Å². The number of carbonyl (C=O) groups excluding carboxylic acids is 1. The van der Waals surface area contributed by atoms with Crippen molar-refractivity contribution < 1.29 is 4.79 Å². The van der Waals surface area contributed by atoms with Gasteiger partial charge in [0.2, 0.25) is 5.91 Å². The van der Waals surface area contributed by atoms with Crippen molar-refractivity contribution in [3.63, 3.8) is 0 Å². The molecule has 0 saturated carbocycles. The molecule has 1 amide bonds. The summed E-state index contributed by atoms with van der Waals surface area (Å²) in [6.07, 6.45) is 3.09. The molecule has 2 saturated heterocycles. The number of nitrogens with zero attached hydrogens (tertiary/aromatic N) is 1. The minimum absolute atomic E-state index is 0. The van der Waals surface area contributed by atoms with E-state index in [1.807, 2.05) is 6.07 Å². The first-order valence-corrected chi connectivity index (χ1v) is 7.54. The predicted octanol–water partition coefficient (Wildman–Crippen LogP) is 1.72. The first-order valence-electron chi connectivity index (χ1n) is 7.54. The van der Waals surface area contributed by atoms with Crippen LogP contribution in [0.1, 0.15) is 30.9 Å². The van der Waals surface area contributed by atoms with Crippen molar-refractivity contribution in [2.45, 2.75) is 37.4 Å². The molecule has 5 heteroatoms. The van der Waals surface area contributed by atoms with Gasteiger partial charge in [0, 0.05) is 12.6 Å². The molecule has 3 atom stereocenters. The molecule has 116 valence electrons. The molecule has 2 fully saturated rings. The second-order valence-corrected chi connectivity index (χ2v) is 5.89. The van der Waals surface area contributed by atoms with Gasteiger partial charge in [-0.05, 0) is 38.4 Å². The lowest BCUT2D eigenvalue weighted by atomic mass is 10.00.